The molecule has 4 atom stereocenters. The highest BCUT2D eigenvalue weighted by atomic mass is 16.5. The van der Waals surface area contributed by atoms with E-state index >= 15 is 0 Å². The van der Waals surface area contributed by atoms with E-state index in [1.807, 2.05) is 17.9 Å². The molecule has 1 aromatic rings. The van der Waals surface area contributed by atoms with Crippen molar-refractivity contribution >= 4 is 0 Å². The van der Waals surface area contributed by atoms with Crippen LogP contribution in [0.4, 0.5) is 0 Å². The highest BCUT2D eigenvalue weighted by Crippen LogP contribution is 2.58. The molecule has 1 saturated heterocycles. The van der Waals surface area contributed by atoms with Gasteiger partial charge in [0, 0.05) is 43.8 Å². The van der Waals surface area contributed by atoms with Crippen LogP contribution in [0.15, 0.2) is 12.3 Å². The summed E-state index contributed by atoms with van der Waals surface area (Å²) in [5, 5.41) is 8.20. The van der Waals surface area contributed by atoms with E-state index in [-0.39, 0.29) is 11.7 Å². The predicted octanol–water partition coefficient (Wildman–Crippen LogP) is 3.21. The molecular weight excluding hydrogens is 314 g/mol. The Morgan fingerprint density at radius 1 is 1.40 bits per heavy atom. The van der Waals surface area contributed by atoms with Crippen LogP contribution in [0.5, 0.6) is 0 Å². The molecule has 2 aliphatic carbocycles. The Hall–Kier alpha value is -0.910. The lowest BCUT2D eigenvalue weighted by atomic mass is 9.51. The highest BCUT2D eigenvalue weighted by molar-refractivity contribution is 5.13. The Balaban J connectivity index is 1.35. The fourth-order valence-corrected chi connectivity index (χ4v) is 5.01. The van der Waals surface area contributed by atoms with E-state index in [0.717, 1.165) is 26.0 Å². The molecule has 0 radical (unpaired) electrons. The molecule has 1 N–H and O–H groups in total. The normalized spacial score (nSPS) is 34.1. The summed E-state index contributed by atoms with van der Waals surface area (Å²) in [5.74, 6) is 0.537. The molecule has 140 valence electrons. The molecule has 3 aliphatic rings. The van der Waals surface area contributed by atoms with Crippen molar-refractivity contribution < 1.29 is 9.47 Å². The smallest absolute Gasteiger partial charge is 0.103 e. The summed E-state index contributed by atoms with van der Waals surface area (Å²) < 4.78 is 14.3. The summed E-state index contributed by atoms with van der Waals surface area (Å²) in [4.78, 5) is 0. The first-order chi connectivity index (χ1) is 11.9. The van der Waals surface area contributed by atoms with Crippen molar-refractivity contribution in [2.45, 2.75) is 76.7 Å². The van der Waals surface area contributed by atoms with E-state index in [2.05, 4.69) is 37.3 Å². The van der Waals surface area contributed by atoms with E-state index in [1.165, 1.54) is 25.0 Å². The van der Waals surface area contributed by atoms with Crippen LogP contribution >= 0.6 is 0 Å². The molecule has 1 aliphatic heterocycles. The first-order valence-electron chi connectivity index (χ1n) is 9.90. The summed E-state index contributed by atoms with van der Waals surface area (Å²) in [6, 6.07) is 2.70. The van der Waals surface area contributed by atoms with Gasteiger partial charge in [-0.1, -0.05) is 6.42 Å². The van der Waals surface area contributed by atoms with Crippen molar-refractivity contribution in [2.75, 3.05) is 13.2 Å². The van der Waals surface area contributed by atoms with Gasteiger partial charge in [0.25, 0.3) is 0 Å². The van der Waals surface area contributed by atoms with Gasteiger partial charge in [-0.25, -0.2) is 0 Å². The fourth-order valence-electron chi connectivity index (χ4n) is 5.01. The molecular formula is C20H33N3O2. The van der Waals surface area contributed by atoms with Gasteiger partial charge >= 0.3 is 0 Å². The van der Waals surface area contributed by atoms with Gasteiger partial charge in [-0.05, 0) is 52.5 Å². The number of rotatable bonds is 5. The number of ether oxygens (including phenoxy) is 2. The Morgan fingerprint density at radius 3 is 2.80 bits per heavy atom. The zero-order valence-corrected chi connectivity index (χ0v) is 16.1. The number of nitrogens with one attached hydrogen (secondary N) is 1. The highest BCUT2D eigenvalue weighted by Gasteiger charge is 2.59. The molecule has 4 rings (SSSR count). The third-order valence-electron chi connectivity index (χ3n) is 6.56. The van der Waals surface area contributed by atoms with Crippen molar-refractivity contribution in [3.63, 3.8) is 0 Å². The van der Waals surface area contributed by atoms with E-state index < -0.39 is 0 Å². The van der Waals surface area contributed by atoms with Crippen LogP contribution in [0.25, 0.3) is 0 Å². The molecule has 1 spiro atoms. The topological polar surface area (TPSA) is 48.3 Å². The van der Waals surface area contributed by atoms with Crippen LogP contribution in [0, 0.1) is 11.3 Å². The van der Waals surface area contributed by atoms with Gasteiger partial charge in [0.2, 0.25) is 0 Å². The minimum absolute atomic E-state index is 0.0395. The van der Waals surface area contributed by atoms with Gasteiger partial charge in [0.1, 0.15) is 6.10 Å². The Bertz CT molecular complexity index is 602. The number of aryl methyl sites for hydroxylation is 1. The quantitative estimate of drug-likeness (QED) is 0.888. The monoisotopic (exact) mass is 347 g/mol. The molecule has 2 heterocycles. The lowest BCUT2D eigenvalue weighted by Gasteiger charge is -2.62. The number of hydrogen-bond donors (Lipinski definition) is 1. The van der Waals surface area contributed by atoms with Crippen LogP contribution in [-0.4, -0.2) is 40.7 Å². The molecule has 3 fully saturated rings. The van der Waals surface area contributed by atoms with E-state index in [0.29, 0.717) is 23.5 Å². The first-order valence-corrected chi connectivity index (χ1v) is 9.90. The summed E-state index contributed by atoms with van der Waals surface area (Å²) in [6.07, 6.45) is 8.75. The van der Waals surface area contributed by atoms with Gasteiger partial charge in [-0.2, -0.15) is 5.10 Å². The minimum Gasteiger partial charge on any atom is -0.372 e. The molecule has 5 heteroatoms. The average Bonchev–Trinajstić information content (AvgIpc) is 3.07. The average molecular weight is 348 g/mol. The third-order valence-corrected chi connectivity index (χ3v) is 6.56. The molecule has 25 heavy (non-hydrogen) atoms. The van der Waals surface area contributed by atoms with Crippen LogP contribution in [-0.2, 0) is 16.5 Å². The SMILES string of the molecule is Cn1nccc1[C@@H]1OCC[C@H]1CNC1CC(OC(C)(C)C)C12CCC2. The minimum atomic E-state index is -0.0395. The second-order valence-corrected chi connectivity index (χ2v) is 9.22. The fraction of sp³-hybridized carbons (Fsp3) is 0.850. The Labute approximate surface area is 151 Å². The van der Waals surface area contributed by atoms with Crippen molar-refractivity contribution in [3.05, 3.63) is 18.0 Å². The van der Waals surface area contributed by atoms with E-state index in [9.17, 15) is 0 Å². The van der Waals surface area contributed by atoms with Crippen LogP contribution < -0.4 is 5.32 Å². The van der Waals surface area contributed by atoms with Gasteiger partial charge in [0.05, 0.1) is 17.4 Å². The standard InChI is InChI=1S/C20H33N3O2/c1-19(2,3)25-17-12-16(20(17)8-5-9-20)21-13-14-7-11-24-18(14)15-6-10-22-23(15)4/h6,10,14,16-18,21H,5,7-9,11-13H2,1-4H3/t14-,16?,17?,18+/m0/s1. The number of nitrogens with zero attached hydrogens (tertiary/aromatic N) is 2. The third kappa shape index (κ3) is 3.15. The molecule has 2 saturated carbocycles. The summed E-state index contributed by atoms with van der Waals surface area (Å²) in [5.41, 5.74) is 1.56. The van der Waals surface area contributed by atoms with Gasteiger partial charge in [0.15, 0.2) is 0 Å². The Kier molecular flexibility index (Phi) is 4.45. The largest absolute Gasteiger partial charge is 0.372 e. The van der Waals surface area contributed by atoms with Crippen LogP contribution in [0.1, 0.15) is 64.7 Å². The Morgan fingerprint density at radius 2 is 2.20 bits per heavy atom. The molecule has 2 unspecified atom stereocenters. The van der Waals surface area contributed by atoms with Gasteiger partial charge in [-0.3, -0.25) is 4.68 Å². The number of hydrogen-bond acceptors (Lipinski definition) is 4. The second-order valence-electron chi connectivity index (χ2n) is 9.22. The molecule has 1 aromatic heterocycles. The van der Waals surface area contributed by atoms with E-state index in [4.69, 9.17) is 9.47 Å². The maximum absolute atomic E-state index is 6.35. The van der Waals surface area contributed by atoms with Crippen molar-refractivity contribution in [3.8, 4) is 0 Å². The number of aromatic nitrogens is 2. The van der Waals surface area contributed by atoms with Gasteiger partial charge in [-0.15, -0.1) is 0 Å². The zero-order valence-electron chi connectivity index (χ0n) is 16.1. The van der Waals surface area contributed by atoms with Crippen LogP contribution in [0.2, 0.25) is 0 Å². The molecule has 0 aromatic carbocycles. The summed E-state index contributed by atoms with van der Waals surface area (Å²) in [7, 11) is 2.01. The van der Waals surface area contributed by atoms with Crippen LogP contribution in [0.3, 0.4) is 0 Å². The zero-order chi connectivity index (χ0) is 17.7. The summed E-state index contributed by atoms with van der Waals surface area (Å²) >= 11 is 0. The molecule has 0 bridgehead atoms. The molecule has 0 amide bonds. The summed E-state index contributed by atoms with van der Waals surface area (Å²) in [6.45, 7) is 8.41. The maximum atomic E-state index is 6.35. The van der Waals surface area contributed by atoms with Gasteiger partial charge < -0.3 is 14.8 Å². The predicted molar refractivity (Wildman–Crippen MR) is 97.3 cm³/mol. The van der Waals surface area contributed by atoms with Crippen molar-refractivity contribution in [1.82, 2.24) is 15.1 Å². The lowest BCUT2D eigenvalue weighted by Crippen LogP contribution is -2.68. The van der Waals surface area contributed by atoms with Crippen molar-refractivity contribution in [2.24, 2.45) is 18.4 Å². The second kappa shape index (κ2) is 6.36. The van der Waals surface area contributed by atoms with Crippen molar-refractivity contribution in [1.29, 1.82) is 0 Å². The maximum Gasteiger partial charge on any atom is 0.103 e. The lowest BCUT2D eigenvalue weighted by molar-refractivity contribution is -0.215. The molecule has 5 nitrogen and oxygen atoms in total. The van der Waals surface area contributed by atoms with E-state index in [1.54, 1.807) is 0 Å². The first kappa shape index (κ1) is 17.5.